The first-order chi connectivity index (χ1) is 10.8. The Morgan fingerprint density at radius 3 is 2.45 bits per heavy atom. The van der Waals surface area contributed by atoms with Crippen LogP contribution in [0.1, 0.15) is 22.3 Å². The molecule has 1 saturated heterocycles. The van der Waals surface area contributed by atoms with Crippen molar-refractivity contribution >= 4 is 5.91 Å². The highest BCUT2D eigenvalue weighted by Crippen LogP contribution is 2.15. The molecule has 0 N–H and O–H groups in total. The van der Waals surface area contributed by atoms with E-state index in [1.54, 1.807) is 0 Å². The zero-order valence-corrected chi connectivity index (χ0v) is 12.7. The molecule has 1 heterocycles. The Kier molecular flexibility index (Phi) is 4.86. The average Bonchev–Trinajstić information content (AvgIpc) is 2.61. The minimum atomic E-state index is 0.105. The lowest BCUT2D eigenvalue weighted by atomic mass is 10.1. The van der Waals surface area contributed by atoms with Gasteiger partial charge in [-0.1, -0.05) is 48.5 Å². The molecule has 1 amide bonds. The summed E-state index contributed by atoms with van der Waals surface area (Å²) >= 11 is 0. The standard InChI is InChI=1S/C19H21NO2/c21-19(17-9-5-2-6-10-17)20-13-14-22-18(15-20)12-11-16-7-3-1-4-8-16/h1-10,18H,11-15H2/t18-/m1/s1. The fraction of sp³-hybridized carbons (Fsp3) is 0.316. The fourth-order valence-corrected chi connectivity index (χ4v) is 2.81. The van der Waals surface area contributed by atoms with Gasteiger partial charge >= 0.3 is 0 Å². The van der Waals surface area contributed by atoms with Gasteiger partial charge in [0.1, 0.15) is 0 Å². The monoisotopic (exact) mass is 295 g/mol. The van der Waals surface area contributed by atoms with E-state index in [0.29, 0.717) is 19.7 Å². The second kappa shape index (κ2) is 7.23. The van der Waals surface area contributed by atoms with Gasteiger partial charge in [0.25, 0.3) is 5.91 Å². The van der Waals surface area contributed by atoms with Crippen molar-refractivity contribution in [2.75, 3.05) is 19.7 Å². The first-order valence-electron chi connectivity index (χ1n) is 7.83. The summed E-state index contributed by atoms with van der Waals surface area (Å²) in [5.74, 6) is 0.105. The number of morpholine rings is 1. The molecule has 22 heavy (non-hydrogen) atoms. The molecule has 3 nitrogen and oxygen atoms in total. The molecule has 3 rings (SSSR count). The van der Waals surface area contributed by atoms with Gasteiger partial charge in [-0.3, -0.25) is 4.79 Å². The minimum Gasteiger partial charge on any atom is -0.375 e. The molecular weight excluding hydrogens is 274 g/mol. The summed E-state index contributed by atoms with van der Waals surface area (Å²) in [6, 6.07) is 19.9. The second-order valence-electron chi connectivity index (χ2n) is 5.63. The van der Waals surface area contributed by atoms with E-state index < -0.39 is 0 Å². The zero-order valence-electron chi connectivity index (χ0n) is 12.7. The molecule has 2 aromatic rings. The Morgan fingerprint density at radius 1 is 1.05 bits per heavy atom. The average molecular weight is 295 g/mol. The van der Waals surface area contributed by atoms with Gasteiger partial charge in [0.15, 0.2) is 0 Å². The molecule has 114 valence electrons. The van der Waals surface area contributed by atoms with Crippen molar-refractivity contribution < 1.29 is 9.53 Å². The van der Waals surface area contributed by atoms with Crippen LogP contribution < -0.4 is 0 Å². The van der Waals surface area contributed by atoms with E-state index in [-0.39, 0.29) is 12.0 Å². The molecule has 3 heteroatoms. The summed E-state index contributed by atoms with van der Waals surface area (Å²) in [5, 5.41) is 0. The number of hydrogen-bond acceptors (Lipinski definition) is 2. The molecule has 0 spiro atoms. The molecule has 1 atom stereocenters. The third kappa shape index (κ3) is 3.74. The normalized spacial score (nSPS) is 18.2. The summed E-state index contributed by atoms with van der Waals surface area (Å²) < 4.78 is 5.82. The topological polar surface area (TPSA) is 29.5 Å². The van der Waals surface area contributed by atoms with Crippen LogP contribution in [-0.4, -0.2) is 36.6 Å². The molecule has 0 aromatic heterocycles. The van der Waals surface area contributed by atoms with Gasteiger partial charge in [-0.25, -0.2) is 0 Å². The van der Waals surface area contributed by atoms with Crippen molar-refractivity contribution in [2.45, 2.75) is 18.9 Å². The number of rotatable bonds is 4. The summed E-state index contributed by atoms with van der Waals surface area (Å²) in [4.78, 5) is 14.4. The zero-order chi connectivity index (χ0) is 15.2. The van der Waals surface area contributed by atoms with Gasteiger partial charge < -0.3 is 9.64 Å². The van der Waals surface area contributed by atoms with Crippen molar-refractivity contribution in [3.63, 3.8) is 0 Å². The summed E-state index contributed by atoms with van der Waals surface area (Å²) in [5.41, 5.74) is 2.07. The van der Waals surface area contributed by atoms with E-state index in [0.717, 1.165) is 18.4 Å². The predicted molar refractivity (Wildman–Crippen MR) is 86.8 cm³/mol. The van der Waals surface area contributed by atoms with Crippen LogP contribution in [0.5, 0.6) is 0 Å². The molecule has 0 bridgehead atoms. The van der Waals surface area contributed by atoms with Crippen LogP contribution in [0, 0.1) is 0 Å². The Labute approximate surface area is 131 Å². The predicted octanol–water partition coefficient (Wildman–Crippen LogP) is 3.16. The summed E-state index contributed by atoms with van der Waals surface area (Å²) in [6.07, 6.45) is 2.06. The van der Waals surface area contributed by atoms with Crippen LogP contribution >= 0.6 is 0 Å². The largest absolute Gasteiger partial charge is 0.375 e. The van der Waals surface area contributed by atoms with Crippen LogP contribution in [-0.2, 0) is 11.2 Å². The van der Waals surface area contributed by atoms with Crippen molar-refractivity contribution in [1.29, 1.82) is 0 Å². The molecule has 2 aromatic carbocycles. The number of carbonyl (C=O) groups excluding carboxylic acids is 1. The van der Waals surface area contributed by atoms with E-state index in [9.17, 15) is 4.79 Å². The smallest absolute Gasteiger partial charge is 0.254 e. The number of ether oxygens (including phenoxy) is 1. The fourth-order valence-electron chi connectivity index (χ4n) is 2.81. The number of hydrogen-bond donors (Lipinski definition) is 0. The Hall–Kier alpha value is -2.13. The van der Waals surface area contributed by atoms with Gasteiger partial charge in [-0.05, 0) is 30.5 Å². The van der Waals surface area contributed by atoms with E-state index >= 15 is 0 Å². The van der Waals surface area contributed by atoms with Crippen molar-refractivity contribution in [2.24, 2.45) is 0 Å². The molecule has 1 fully saturated rings. The highest BCUT2D eigenvalue weighted by Gasteiger charge is 2.24. The van der Waals surface area contributed by atoms with Crippen LogP contribution in [0.15, 0.2) is 60.7 Å². The second-order valence-corrected chi connectivity index (χ2v) is 5.63. The Morgan fingerprint density at radius 2 is 1.73 bits per heavy atom. The van der Waals surface area contributed by atoms with E-state index in [1.165, 1.54) is 5.56 Å². The van der Waals surface area contributed by atoms with Gasteiger partial charge in [-0.15, -0.1) is 0 Å². The highest BCUT2D eigenvalue weighted by molar-refractivity contribution is 5.94. The number of amides is 1. The van der Waals surface area contributed by atoms with Gasteiger partial charge in [0.05, 0.1) is 12.7 Å². The van der Waals surface area contributed by atoms with Crippen molar-refractivity contribution in [3.8, 4) is 0 Å². The maximum atomic E-state index is 12.5. The molecule has 0 saturated carbocycles. The summed E-state index contributed by atoms with van der Waals surface area (Å²) in [7, 11) is 0. The maximum absolute atomic E-state index is 12.5. The van der Waals surface area contributed by atoms with E-state index in [4.69, 9.17) is 4.74 Å². The maximum Gasteiger partial charge on any atom is 0.254 e. The van der Waals surface area contributed by atoms with E-state index in [2.05, 4.69) is 24.3 Å². The Bertz CT molecular complexity index is 597. The SMILES string of the molecule is O=C(c1ccccc1)N1CCO[C@H](CCc2ccccc2)C1. The molecule has 0 aliphatic carbocycles. The molecular formula is C19H21NO2. The Balaban J connectivity index is 1.56. The van der Waals surface area contributed by atoms with Crippen LogP contribution in [0.3, 0.4) is 0 Å². The van der Waals surface area contributed by atoms with Gasteiger partial charge in [-0.2, -0.15) is 0 Å². The number of benzene rings is 2. The highest BCUT2D eigenvalue weighted by atomic mass is 16.5. The molecule has 1 aliphatic rings. The number of carbonyl (C=O) groups is 1. The van der Waals surface area contributed by atoms with Crippen LogP contribution in [0.2, 0.25) is 0 Å². The first-order valence-corrected chi connectivity index (χ1v) is 7.83. The van der Waals surface area contributed by atoms with Gasteiger partial charge in [0, 0.05) is 18.7 Å². The lowest BCUT2D eigenvalue weighted by Crippen LogP contribution is -2.45. The molecule has 0 radical (unpaired) electrons. The molecule has 0 unspecified atom stereocenters. The van der Waals surface area contributed by atoms with Crippen LogP contribution in [0.25, 0.3) is 0 Å². The first kappa shape index (κ1) is 14.8. The lowest BCUT2D eigenvalue weighted by molar-refractivity contribution is -0.0246. The van der Waals surface area contributed by atoms with Crippen molar-refractivity contribution in [3.05, 3.63) is 71.8 Å². The number of aryl methyl sites for hydroxylation is 1. The number of nitrogens with zero attached hydrogens (tertiary/aromatic N) is 1. The van der Waals surface area contributed by atoms with Crippen LogP contribution in [0.4, 0.5) is 0 Å². The van der Waals surface area contributed by atoms with Gasteiger partial charge in [0.2, 0.25) is 0 Å². The lowest BCUT2D eigenvalue weighted by Gasteiger charge is -2.33. The third-order valence-electron chi connectivity index (χ3n) is 4.04. The third-order valence-corrected chi connectivity index (χ3v) is 4.04. The summed E-state index contributed by atoms with van der Waals surface area (Å²) in [6.45, 7) is 1.98. The minimum absolute atomic E-state index is 0.105. The quantitative estimate of drug-likeness (QED) is 0.867. The molecule has 1 aliphatic heterocycles. The van der Waals surface area contributed by atoms with E-state index in [1.807, 2.05) is 41.3 Å². The van der Waals surface area contributed by atoms with Crippen molar-refractivity contribution in [1.82, 2.24) is 4.90 Å².